The number of pyridine rings is 1. The molecule has 19 heavy (non-hydrogen) atoms. The van der Waals surface area contributed by atoms with E-state index in [9.17, 15) is 4.79 Å². The summed E-state index contributed by atoms with van der Waals surface area (Å²) in [5.74, 6) is 0.0387. The Kier molecular flexibility index (Phi) is 3.82. The molecule has 1 aromatic heterocycles. The summed E-state index contributed by atoms with van der Waals surface area (Å²) in [5, 5.41) is 9.12. The molecule has 5 nitrogen and oxygen atoms in total. The van der Waals surface area contributed by atoms with E-state index in [0.29, 0.717) is 18.7 Å². The highest BCUT2D eigenvalue weighted by molar-refractivity contribution is 5.94. The average Bonchev–Trinajstić information content (AvgIpc) is 2.47. The number of piperazine rings is 1. The van der Waals surface area contributed by atoms with Crippen LogP contribution in [0.25, 0.3) is 0 Å². The van der Waals surface area contributed by atoms with Gasteiger partial charge in [-0.15, -0.1) is 0 Å². The van der Waals surface area contributed by atoms with Crippen molar-refractivity contribution in [3.63, 3.8) is 0 Å². The van der Waals surface area contributed by atoms with Gasteiger partial charge in [-0.25, -0.2) is 0 Å². The Balaban J connectivity index is 1.98. The first-order chi connectivity index (χ1) is 9.04. The molecule has 0 unspecified atom stereocenters. The fraction of sp³-hybridized carbons (Fsp3) is 0.500. The highest BCUT2D eigenvalue weighted by Gasteiger charge is 2.31. The predicted octanol–water partition coefficient (Wildman–Crippen LogP) is 1.14. The number of carbonyl (C=O) groups is 1. The Bertz CT molecular complexity index is 484. The maximum Gasteiger partial charge on any atom is 0.254 e. The van der Waals surface area contributed by atoms with Crippen LogP contribution in [0.1, 0.15) is 24.2 Å². The van der Waals surface area contributed by atoms with Gasteiger partial charge in [-0.2, -0.15) is 5.26 Å². The van der Waals surface area contributed by atoms with Gasteiger partial charge in [0.05, 0.1) is 6.07 Å². The third kappa shape index (κ3) is 2.91. The van der Waals surface area contributed by atoms with E-state index in [1.54, 1.807) is 24.5 Å². The van der Waals surface area contributed by atoms with Crippen molar-refractivity contribution in [2.75, 3.05) is 26.2 Å². The molecule has 1 aliphatic heterocycles. The lowest BCUT2D eigenvalue weighted by atomic mass is 10.0. The summed E-state index contributed by atoms with van der Waals surface area (Å²) in [5.41, 5.74) is 0.203. The molecule has 0 N–H and O–H groups in total. The molecule has 1 fully saturated rings. The molecule has 0 bridgehead atoms. The highest BCUT2D eigenvalue weighted by Crippen LogP contribution is 2.17. The summed E-state index contributed by atoms with van der Waals surface area (Å²) in [6.45, 7) is 6.61. The smallest absolute Gasteiger partial charge is 0.254 e. The summed E-state index contributed by atoms with van der Waals surface area (Å²) < 4.78 is 0. The van der Waals surface area contributed by atoms with Crippen molar-refractivity contribution in [3.8, 4) is 6.07 Å². The molecular formula is C14H18N4O. The molecule has 0 saturated carbocycles. The van der Waals surface area contributed by atoms with Crippen LogP contribution in [-0.2, 0) is 0 Å². The largest absolute Gasteiger partial charge is 0.336 e. The third-order valence-corrected chi connectivity index (χ3v) is 3.56. The predicted molar refractivity (Wildman–Crippen MR) is 71.4 cm³/mol. The van der Waals surface area contributed by atoms with Crippen molar-refractivity contribution >= 4 is 5.91 Å². The number of aromatic nitrogens is 1. The van der Waals surface area contributed by atoms with Crippen LogP contribution in [-0.4, -0.2) is 52.4 Å². The summed E-state index contributed by atoms with van der Waals surface area (Å²) in [6, 6.07) is 5.76. The molecule has 2 heterocycles. The van der Waals surface area contributed by atoms with E-state index >= 15 is 0 Å². The first-order valence-corrected chi connectivity index (χ1v) is 6.40. The second-order valence-electron chi connectivity index (χ2n) is 5.19. The molecule has 0 aliphatic carbocycles. The molecule has 100 valence electrons. The van der Waals surface area contributed by atoms with Gasteiger partial charge in [0.1, 0.15) is 5.54 Å². The number of nitrogens with zero attached hydrogens (tertiary/aromatic N) is 4. The second kappa shape index (κ2) is 5.37. The minimum atomic E-state index is -0.466. The Morgan fingerprint density at radius 1 is 1.26 bits per heavy atom. The lowest BCUT2D eigenvalue weighted by Gasteiger charge is -2.40. The van der Waals surface area contributed by atoms with Gasteiger partial charge in [-0.3, -0.25) is 14.7 Å². The van der Waals surface area contributed by atoms with E-state index in [1.807, 2.05) is 18.7 Å². The molecule has 2 rings (SSSR count). The van der Waals surface area contributed by atoms with Crippen molar-refractivity contribution in [3.05, 3.63) is 30.1 Å². The number of rotatable bonds is 2. The van der Waals surface area contributed by atoms with Crippen molar-refractivity contribution < 1.29 is 4.79 Å². The van der Waals surface area contributed by atoms with Gasteiger partial charge >= 0.3 is 0 Å². The average molecular weight is 258 g/mol. The summed E-state index contributed by atoms with van der Waals surface area (Å²) in [4.78, 5) is 20.1. The first-order valence-electron chi connectivity index (χ1n) is 6.40. The zero-order valence-electron chi connectivity index (χ0n) is 11.3. The van der Waals surface area contributed by atoms with Gasteiger partial charge < -0.3 is 4.90 Å². The van der Waals surface area contributed by atoms with Crippen molar-refractivity contribution in [2.45, 2.75) is 19.4 Å². The maximum atomic E-state index is 12.2. The maximum absolute atomic E-state index is 12.2. The molecule has 1 aliphatic rings. The number of amides is 1. The van der Waals surface area contributed by atoms with Crippen molar-refractivity contribution in [2.24, 2.45) is 0 Å². The molecule has 0 spiro atoms. The Morgan fingerprint density at radius 3 is 2.37 bits per heavy atom. The van der Waals surface area contributed by atoms with E-state index in [1.165, 1.54) is 0 Å². The number of hydrogen-bond acceptors (Lipinski definition) is 4. The van der Waals surface area contributed by atoms with Gasteiger partial charge in [-0.1, -0.05) is 0 Å². The summed E-state index contributed by atoms with van der Waals surface area (Å²) in [7, 11) is 0. The minimum absolute atomic E-state index is 0.0387. The van der Waals surface area contributed by atoms with Crippen LogP contribution >= 0.6 is 0 Å². The lowest BCUT2D eigenvalue weighted by molar-refractivity contribution is 0.0521. The zero-order valence-corrected chi connectivity index (χ0v) is 11.3. The van der Waals surface area contributed by atoms with E-state index in [4.69, 9.17) is 5.26 Å². The van der Waals surface area contributed by atoms with Gasteiger partial charge in [-0.05, 0) is 26.0 Å². The van der Waals surface area contributed by atoms with Gasteiger partial charge in [0.25, 0.3) is 5.91 Å². The summed E-state index contributed by atoms with van der Waals surface area (Å²) >= 11 is 0. The molecule has 5 heteroatoms. The van der Waals surface area contributed by atoms with Gasteiger partial charge in [0, 0.05) is 44.1 Å². The standard InChI is InChI=1S/C14H18N4O/c1-14(2,11-15)18-9-7-17(8-10-18)13(19)12-3-5-16-6-4-12/h3-6H,7-10H2,1-2H3. The monoisotopic (exact) mass is 258 g/mol. The Hall–Kier alpha value is -1.93. The molecule has 0 radical (unpaired) electrons. The quantitative estimate of drug-likeness (QED) is 0.798. The molecule has 0 aromatic carbocycles. The Labute approximate surface area is 113 Å². The fourth-order valence-electron chi connectivity index (χ4n) is 2.22. The molecule has 1 saturated heterocycles. The van der Waals surface area contributed by atoms with Gasteiger partial charge in [0.2, 0.25) is 0 Å². The normalized spacial score (nSPS) is 17.0. The highest BCUT2D eigenvalue weighted by atomic mass is 16.2. The zero-order chi connectivity index (χ0) is 13.9. The SMILES string of the molecule is CC(C)(C#N)N1CCN(C(=O)c2ccncc2)CC1. The van der Waals surface area contributed by atoms with Gasteiger partial charge in [0.15, 0.2) is 0 Å². The van der Waals surface area contributed by atoms with Crippen molar-refractivity contribution in [1.29, 1.82) is 5.26 Å². The van der Waals surface area contributed by atoms with Crippen LogP contribution in [0, 0.1) is 11.3 Å². The van der Waals surface area contributed by atoms with Crippen LogP contribution in [0.4, 0.5) is 0 Å². The molecule has 1 aromatic rings. The Morgan fingerprint density at radius 2 is 1.84 bits per heavy atom. The third-order valence-electron chi connectivity index (χ3n) is 3.56. The first kappa shape index (κ1) is 13.5. The molecule has 1 amide bonds. The lowest BCUT2D eigenvalue weighted by Crippen LogP contribution is -2.55. The van der Waals surface area contributed by atoms with Crippen LogP contribution in [0.5, 0.6) is 0 Å². The van der Waals surface area contributed by atoms with E-state index < -0.39 is 5.54 Å². The van der Waals surface area contributed by atoms with Crippen LogP contribution in [0.3, 0.4) is 0 Å². The van der Waals surface area contributed by atoms with Crippen LogP contribution in [0.15, 0.2) is 24.5 Å². The van der Waals surface area contributed by atoms with E-state index in [2.05, 4.69) is 16.0 Å². The number of hydrogen-bond donors (Lipinski definition) is 0. The van der Waals surface area contributed by atoms with E-state index in [0.717, 1.165) is 13.1 Å². The molecule has 0 atom stereocenters. The summed E-state index contributed by atoms with van der Waals surface area (Å²) in [6.07, 6.45) is 3.25. The second-order valence-corrected chi connectivity index (χ2v) is 5.19. The fourth-order valence-corrected chi connectivity index (χ4v) is 2.22. The van der Waals surface area contributed by atoms with E-state index in [-0.39, 0.29) is 5.91 Å². The van der Waals surface area contributed by atoms with Crippen LogP contribution < -0.4 is 0 Å². The molecular weight excluding hydrogens is 240 g/mol. The van der Waals surface area contributed by atoms with Crippen LogP contribution in [0.2, 0.25) is 0 Å². The number of carbonyl (C=O) groups excluding carboxylic acids is 1. The van der Waals surface area contributed by atoms with Crippen molar-refractivity contribution in [1.82, 2.24) is 14.8 Å². The number of nitriles is 1. The topological polar surface area (TPSA) is 60.2 Å². The minimum Gasteiger partial charge on any atom is -0.336 e.